The highest BCUT2D eigenvalue weighted by Crippen LogP contribution is 2.43. The standard InChI is InChI=1S/C26H22ClNO5/c1-3-33-19-11-12-21(27)20(14-19)24(30)22-23(16-5-4-6-18(29)13-16)28(26(32)25(22)31)17-9-7-15(2)8-10-17/h4-14,23,29-30H,3H2,1-2H3/b24-22+. The molecule has 3 aromatic carbocycles. The third kappa shape index (κ3) is 4.17. The van der Waals surface area contributed by atoms with Gasteiger partial charge in [-0.25, -0.2) is 0 Å². The maximum atomic E-state index is 13.2. The number of hydrogen-bond acceptors (Lipinski definition) is 5. The number of hydrogen-bond donors (Lipinski definition) is 2. The van der Waals surface area contributed by atoms with Crippen molar-refractivity contribution < 1.29 is 24.5 Å². The minimum atomic E-state index is -0.966. The van der Waals surface area contributed by atoms with Gasteiger partial charge in [0.2, 0.25) is 0 Å². The van der Waals surface area contributed by atoms with Gasteiger partial charge in [0.05, 0.1) is 23.2 Å². The molecule has 4 rings (SSSR count). The molecule has 1 heterocycles. The molecule has 1 aliphatic rings. The molecule has 1 atom stereocenters. The Balaban J connectivity index is 1.96. The van der Waals surface area contributed by atoms with E-state index in [1.165, 1.54) is 23.1 Å². The van der Waals surface area contributed by atoms with Crippen LogP contribution >= 0.6 is 11.6 Å². The number of carbonyl (C=O) groups excluding carboxylic acids is 2. The molecule has 2 N–H and O–H groups in total. The lowest BCUT2D eigenvalue weighted by atomic mass is 9.95. The van der Waals surface area contributed by atoms with Crippen LogP contribution in [0.2, 0.25) is 5.02 Å². The Labute approximate surface area is 196 Å². The van der Waals surface area contributed by atoms with Gasteiger partial charge >= 0.3 is 0 Å². The number of anilines is 1. The van der Waals surface area contributed by atoms with Gasteiger partial charge in [-0.1, -0.05) is 41.4 Å². The monoisotopic (exact) mass is 463 g/mol. The van der Waals surface area contributed by atoms with E-state index in [0.717, 1.165) is 5.56 Å². The average Bonchev–Trinajstić information content (AvgIpc) is 3.06. The number of Topliss-reactive ketones (excluding diaryl/α,β-unsaturated/α-hetero) is 1. The van der Waals surface area contributed by atoms with E-state index in [0.29, 0.717) is 23.6 Å². The number of benzene rings is 3. The molecule has 1 fully saturated rings. The average molecular weight is 464 g/mol. The van der Waals surface area contributed by atoms with Crippen LogP contribution < -0.4 is 9.64 Å². The van der Waals surface area contributed by atoms with Crippen molar-refractivity contribution in [2.24, 2.45) is 0 Å². The Kier molecular flexibility index (Phi) is 6.11. The maximum absolute atomic E-state index is 13.2. The topological polar surface area (TPSA) is 87.1 Å². The number of carbonyl (C=O) groups is 2. The summed E-state index contributed by atoms with van der Waals surface area (Å²) in [5.41, 5.74) is 2.00. The van der Waals surface area contributed by atoms with Crippen molar-refractivity contribution in [3.63, 3.8) is 0 Å². The first kappa shape index (κ1) is 22.4. The van der Waals surface area contributed by atoms with Crippen LogP contribution in [0.1, 0.15) is 29.7 Å². The van der Waals surface area contributed by atoms with Crippen molar-refractivity contribution in [2.75, 3.05) is 11.5 Å². The molecule has 1 aliphatic heterocycles. The van der Waals surface area contributed by atoms with Crippen molar-refractivity contribution >= 4 is 34.7 Å². The summed E-state index contributed by atoms with van der Waals surface area (Å²) in [7, 11) is 0. The van der Waals surface area contributed by atoms with Gasteiger partial charge in [0.1, 0.15) is 17.3 Å². The van der Waals surface area contributed by atoms with Crippen LogP contribution in [-0.2, 0) is 9.59 Å². The van der Waals surface area contributed by atoms with Gasteiger partial charge in [-0.15, -0.1) is 0 Å². The number of phenolic OH excluding ortho intramolecular Hbond substituents is 1. The molecule has 33 heavy (non-hydrogen) atoms. The van der Waals surface area contributed by atoms with E-state index in [-0.39, 0.29) is 21.9 Å². The van der Waals surface area contributed by atoms with Crippen LogP contribution in [0.15, 0.2) is 72.3 Å². The number of aliphatic hydroxyl groups is 1. The number of ether oxygens (including phenoxy) is 1. The van der Waals surface area contributed by atoms with Crippen LogP contribution in [0.25, 0.3) is 5.76 Å². The molecule has 1 saturated heterocycles. The highest BCUT2D eigenvalue weighted by atomic mass is 35.5. The zero-order valence-electron chi connectivity index (χ0n) is 18.1. The summed E-state index contributed by atoms with van der Waals surface area (Å²) in [5, 5.41) is 21.5. The van der Waals surface area contributed by atoms with Crippen molar-refractivity contribution in [2.45, 2.75) is 19.9 Å². The number of aliphatic hydroxyl groups excluding tert-OH is 1. The Bertz CT molecular complexity index is 1270. The first-order valence-corrected chi connectivity index (χ1v) is 10.8. The Hall–Kier alpha value is -3.77. The fraction of sp³-hybridized carbons (Fsp3) is 0.154. The summed E-state index contributed by atoms with van der Waals surface area (Å²) in [5.74, 6) is -1.61. The van der Waals surface area contributed by atoms with E-state index in [2.05, 4.69) is 0 Å². The quantitative estimate of drug-likeness (QED) is 0.301. The number of phenols is 1. The highest BCUT2D eigenvalue weighted by Gasteiger charge is 2.47. The third-order valence-corrected chi connectivity index (χ3v) is 5.78. The summed E-state index contributed by atoms with van der Waals surface area (Å²) >= 11 is 6.34. The molecule has 1 unspecified atom stereocenters. The van der Waals surface area contributed by atoms with Crippen molar-refractivity contribution in [3.05, 3.63) is 94.0 Å². The largest absolute Gasteiger partial charge is 0.508 e. The minimum absolute atomic E-state index is 0.0293. The summed E-state index contributed by atoms with van der Waals surface area (Å²) in [6.07, 6.45) is 0. The fourth-order valence-electron chi connectivity index (χ4n) is 3.90. The normalized spacial score (nSPS) is 17.4. The summed E-state index contributed by atoms with van der Waals surface area (Å²) in [6, 6.07) is 17.2. The van der Waals surface area contributed by atoms with Gasteiger partial charge in [0.25, 0.3) is 11.7 Å². The number of nitrogens with zero attached hydrogens (tertiary/aromatic N) is 1. The highest BCUT2D eigenvalue weighted by molar-refractivity contribution is 6.52. The van der Waals surface area contributed by atoms with Gasteiger partial charge in [0.15, 0.2) is 0 Å². The molecule has 6 nitrogen and oxygen atoms in total. The number of aryl methyl sites for hydroxylation is 1. The second kappa shape index (κ2) is 9.00. The van der Waals surface area contributed by atoms with Crippen LogP contribution in [0, 0.1) is 6.92 Å². The van der Waals surface area contributed by atoms with E-state index in [4.69, 9.17) is 16.3 Å². The number of halogens is 1. The van der Waals surface area contributed by atoms with Crippen LogP contribution in [-0.4, -0.2) is 28.5 Å². The number of rotatable bonds is 5. The second-order valence-electron chi connectivity index (χ2n) is 7.67. The summed E-state index contributed by atoms with van der Waals surface area (Å²) < 4.78 is 5.50. The Morgan fingerprint density at radius 1 is 1.06 bits per heavy atom. The van der Waals surface area contributed by atoms with E-state index in [9.17, 15) is 19.8 Å². The van der Waals surface area contributed by atoms with Crippen molar-refractivity contribution in [3.8, 4) is 11.5 Å². The number of amides is 1. The summed E-state index contributed by atoms with van der Waals surface area (Å²) in [4.78, 5) is 27.7. The molecule has 7 heteroatoms. The van der Waals surface area contributed by atoms with Crippen LogP contribution in [0.4, 0.5) is 5.69 Å². The molecule has 3 aromatic rings. The van der Waals surface area contributed by atoms with Crippen molar-refractivity contribution in [1.82, 2.24) is 0 Å². The first-order chi connectivity index (χ1) is 15.8. The van der Waals surface area contributed by atoms with Crippen LogP contribution in [0.3, 0.4) is 0 Å². The smallest absolute Gasteiger partial charge is 0.300 e. The molecule has 0 radical (unpaired) electrons. The van der Waals surface area contributed by atoms with E-state index in [1.807, 2.05) is 26.0 Å². The second-order valence-corrected chi connectivity index (χ2v) is 8.08. The number of ketones is 1. The van der Waals surface area contributed by atoms with Crippen LogP contribution in [0.5, 0.6) is 11.5 Å². The van der Waals surface area contributed by atoms with E-state index < -0.39 is 23.5 Å². The minimum Gasteiger partial charge on any atom is -0.508 e. The Morgan fingerprint density at radius 2 is 1.79 bits per heavy atom. The molecule has 0 bridgehead atoms. The molecule has 0 spiro atoms. The fourth-order valence-corrected chi connectivity index (χ4v) is 4.11. The molecule has 1 amide bonds. The SMILES string of the molecule is CCOc1ccc(Cl)c(/C(O)=C2\C(=O)C(=O)N(c3ccc(C)cc3)C2c2cccc(O)c2)c1. The Morgan fingerprint density at radius 3 is 2.45 bits per heavy atom. The molecule has 0 saturated carbocycles. The van der Waals surface area contributed by atoms with Gasteiger partial charge in [0, 0.05) is 11.3 Å². The predicted molar refractivity (Wildman–Crippen MR) is 127 cm³/mol. The lowest BCUT2D eigenvalue weighted by Crippen LogP contribution is -2.29. The van der Waals surface area contributed by atoms with E-state index >= 15 is 0 Å². The molecular formula is C26H22ClNO5. The summed E-state index contributed by atoms with van der Waals surface area (Å²) in [6.45, 7) is 4.14. The zero-order chi connectivity index (χ0) is 23.7. The van der Waals surface area contributed by atoms with Gasteiger partial charge < -0.3 is 14.9 Å². The third-order valence-electron chi connectivity index (χ3n) is 5.45. The van der Waals surface area contributed by atoms with Gasteiger partial charge in [-0.2, -0.15) is 0 Å². The van der Waals surface area contributed by atoms with Gasteiger partial charge in [-0.05, 0) is 61.9 Å². The molecular weight excluding hydrogens is 442 g/mol. The lowest BCUT2D eigenvalue weighted by Gasteiger charge is -2.25. The first-order valence-electron chi connectivity index (χ1n) is 10.4. The van der Waals surface area contributed by atoms with E-state index in [1.54, 1.807) is 36.4 Å². The van der Waals surface area contributed by atoms with Gasteiger partial charge in [-0.3, -0.25) is 14.5 Å². The lowest BCUT2D eigenvalue weighted by molar-refractivity contribution is -0.132. The zero-order valence-corrected chi connectivity index (χ0v) is 18.8. The van der Waals surface area contributed by atoms with Crippen molar-refractivity contribution in [1.29, 1.82) is 0 Å². The molecule has 0 aromatic heterocycles. The predicted octanol–water partition coefficient (Wildman–Crippen LogP) is 5.38. The maximum Gasteiger partial charge on any atom is 0.300 e. The number of aromatic hydroxyl groups is 1. The molecule has 168 valence electrons. The molecule has 0 aliphatic carbocycles.